The number of likely N-dealkylation sites (tertiary alicyclic amines) is 1. The van der Waals surface area contributed by atoms with Gasteiger partial charge in [-0.25, -0.2) is 15.3 Å². The summed E-state index contributed by atoms with van der Waals surface area (Å²) in [6.45, 7) is 5.89. The number of ether oxygens (including phenoxy) is 1. The molecule has 0 radical (unpaired) electrons. The molecule has 3 rings (SSSR count). The maximum atomic E-state index is 12.9. The molecular weight excluding hydrogens is 502 g/mol. The number of aliphatic hydroxyl groups excluding tert-OH is 1. The predicted octanol–water partition coefficient (Wildman–Crippen LogP) is 4.36. The molecule has 1 aromatic carbocycles. The van der Waals surface area contributed by atoms with Crippen molar-refractivity contribution >= 4 is 44.5 Å². The molecule has 1 saturated heterocycles. The van der Waals surface area contributed by atoms with Crippen molar-refractivity contribution in [1.82, 2.24) is 14.5 Å². The zero-order chi connectivity index (χ0) is 23.6. The molecule has 0 aliphatic carbocycles. The van der Waals surface area contributed by atoms with Crippen LogP contribution in [-0.2, 0) is 11.3 Å². The Bertz CT molecular complexity index is 1070. The summed E-state index contributed by atoms with van der Waals surface area (Å²) in [5.41, 5.74) is 7.19. The van der Waals surface area contributed by atoms with Crippen molar-refractivity contribution < 1.29 is 14.6 Å². The molecule has 9 nitrogen and oxygen atoms in total. The average molecular weight is 529 g/mol. The van der Waals surface area contributed by atoms with Crippen LogP contribution in [0, 0.1) is 5.53 Å². The van der Waals surface area contributed by atoms with Gasteiger partial charge in [0.05, 0.1) is 47.0 Å². The number of hydrogen-bond donors (Lipinski definition) is 2. The van der Waals surface area contributed by atoms with Crippen molar-refractivity contribution in [2.75, 3.05) is 6.54 Å². The largest absolute Gasteiger partial charge is 0.444 e. The van der Waals surface area contributed by atoms with E-state index in [-0.39, 0.29) is 18.5 Å². The van der Waals surface area contributed by atoms with Crippen molar-refractivity contribution in [3.8, 4) is 0 Å². The van der Waals surface area contributed by atoms with Gasteiger partial charge in [-0.3, -0.25) is 9.36 Å². The number of benzene rings is 1. The van der Waals surface area contributed by atoms with Gasteiger partial charge in [-0.2, -0.15) is 5.11 Å². The fraction of sp³-hybridized carbons (Fsp3) is 0.571. The molecule has 1 fully saturated rings. The Labute approximate surface area is 199 Å². The Balaban J connectivity index is 1.82. The minimum atomic E-state index is -0.761. The lowest BCUT2D eigenvalue weighted by Crippen LogP contribution is -2.53. The van der Waals surface area contributed by atoms with Crippen LogP contribution >= 0.6 is 27.5 Å². The molecule has 1 amide bonds. The minimum absolute atomic E-state index is 0.0876. The van der Waals surface area contributed by atoms with E-state index in [4.69, 9.17) is 21.9 Å². The molecule has 1 aromatic heterocycles. The van der Waals surface area contributed by atoms with Crippen molar-refractivity contribution in [3.63, 3.8) is 0 Å². The Morgan fingerprint density at radius 2 is 2.19 bits per heavy atom. The van der Waals surface area contributed by atoms with Crippen molar-refractivity contribution in [2.24, 2.45) is 5.11 Å². The Kier molecular flexibility index (Phi) is 7.57. The van der Waals surface area contributed by atoms with E-state index in [1.54, 1.807) is 32.9 Å². The molecule has 1 aliphatic rings. The highest BCUT2D eigenvalue weighted by Gasteiger charge is 2.37. The maximum absolute atomic E-state index is 12.9. The van der Waals surface area contributed by atoms with E-state index in [1.807, 2.05) is 0 Å². The molecule has 174 valence electrons. The van der Waals surface area contributed by atoms with Crippen LogP contribution in [0.5, 0.6) is 0 Å². The van der Waals surface area contributed by atoms with Crippen molar-refractivity contribution in [2.45, 2.75) is 70.4 Å². The van der Waals surface area contributed by atoms with Gasteiger partial charge < -0.3 is 14.7 Å². The number of hydrogen-bond acceptors (Lipinski definition) is 7. The van der Waals surface area contributed by atoms with Gasteiger partial charge in [0, 0.05) is 11.0 Å². The van der Waals surface area contributed by atoms with E-state index < -0.39 is 29.9 Å². The number of amides is 1. The fourth-order valence-electron chi connectivity index (χ4n) is 3.83. The van der Waals surface area contributed by atoms with Crippen LogP contribution in [-0.4, -0.2) is 56.0 Å². The maximum Gasteiger partial charge on any atom is 0.410 e. The lowest BCUT2D eigenvalue weighted by Gasteiger charge is -2.40. The second-order valence-corrected chi connectivity index (χ2v) is 10.2. The number of rotatable bonds is 5. The van der Waals surface area contributed by atoms with Crippen LogP contribution in [0.1, 0.15) is 40.0 Å². The average Bonchev–Trinajstić information content (AvgIpc) is 2.70. The number of aliphatic hydroxyl groups is 1. The van der Waals surface area contributed by atoms with E-state index in [0.717, 1.165) is 0 Å². The van der Waals surface area contributed by atoms with Gasteiger partial charge in [-0.05, 0) is 68.1 Å². The predicted molar refractivity (Wildman–Crippen MR) is 124 cm³/mol. The lowest BCUT2D eigenvalue weighted by atomic mass is 9.93. The molecular formula is C21H27BrClN5O4. The normalized spacial score (nSPS) is 20.2. The minimum Gasteiger partial charge on any atom is -0.444 e. The molecule has 0 spiro atoms. The van der Waals surface area contributed by atoms with Gasteiger partial charge in [0.1, 0.15) is 5.60 Å². The Morgan fingerprint density at radius 1 is 1.47 bits per heavy atom. The summed E-state index contributed by atoms with van der Waals surface area (Å²) in [4.78, 5) is 31.5. The topological polar surface area (TPSA) is 121 Å². The molecule has 2 N–H and O–H groups in total. The third-order valence-electron chi connectivity index (χ3n) is 5.34. The zero-order valence-corrected chi connectivity index (χ0v) is 20.6. The van der Waals surface area contributed by atoms with Gasteiger partial charge in [-0.1, -0.05) is 11.6 Å². The fourth-order valence-corrected chi connectivity index (χ4v) is 4.32. The molecule has 3 atom stereocenters. The number of aromatic nitrogens is 2. The third-order valence-corrected chi connectivity index (χ3v) is 6.54. The first-order valence-electron chi connectivity index (χ1n) is 10.4. The molecule has 2 aromatic rings. The van der Waals surface area contributed by atoms with E-state index >= 15 is 0 Å². The second kappa shape index (κ2) is 9.84. The summed E-state index contributed by atoms with van der Waals surface area (Å²) >= 11 is 9.45. The Morgan fingerprint density at radius 3 is 2.84 bits per heavy atom. The second-order valence-electron chi connectivity index (χ2n) is 8.95. The third kappa shape index (κ3) is 5.65. The SMILES string of the molecule is CC(C)(C)OC(=O)N1CCCC(O)C1CC(Cn1cnc2cc(Br)c(Cl)cc2c1=O)N=N. The first-order valence-corrected chi connectivity index (χ1v) is 11.6. The lowest BCUT2D eigenvalue weighted by molar-refractivity contribution is -0.0269. The molecule has 0 bridgehead atoms. The smallest absolute Gasteiger partial charge is 0.410 e. The molecule has 0 saturated carbocycles. The number of carbonyl (C=O) groups excluding carboxylic acids is 1. The summed E-state index contributed by atoms with van der Waals surface area (Å²) < 4.78 is 7.51. The standard InChI is InChI=1S/C21H27BrClN5O4/c1-21(2,3)32-20(31)28-6-4-5-18(29)17(28)7-12(26-24)10-27-11-25-16-9-14(22)15(23)8-13(16)19(27)30/h8-9,11-12,17-18,24,29H,4-7,10H2,1-3H3. The van der Waals surface area contributed by atoms with Crippen LogP contribution < -0.4 is 5.56 Å². The summed E-state index contributed by atoms with van der Waals surface area (Å²) in [5.74, 6) is 0. The highest BCUT2D eigenvalue weighted by molar-refractivity contribution is 9.10. The number of halogens is 2. The van der Waals surface area contributed by atoms with Crippen LogP contribution in [0.25, 0.3) is 10.9 Å². The number of piperidine rings is 1. The monoisotopic (exact) mass is 527 g/mol. The van der Waals surface area contributed by atoms with Gasteiger partial charge in [-0.15, -0.1) is 0 Å². The molecule has 1 aliphatic heterocycles. The quantitative estimate of drug-likeness (QED) is 0.559. The summed E-state index contributed by atoms with van der Waals surface area (Å²) in [6.07, 6.45) is 1.56. The first-order chi connectivity index (χ1) is 15.0. The summed E-state index contributed by atoms with van der Waals surface area (Å²) in [6, 6.07) is 2.02. The van der Waals surface area contributed by atoms with Crippen LogP contribution in [0.2, 0.25) is 5.02 Å². The van der Waals surface area contributed by atoms with E-state index in [2.05, 4.69) is 26.0 Å². The van der Waals surface area contributed by atoms with Gasteiger partial charge in [0.15, 0.2) is 0 Å². The van der Waals surface area contributed by atoms with Crippen molar-refractivity contribution in [1.29, 1.82) is 5.53 Å². The van der Waals surface area contributed by atoms with Gasteiger partial charge in [0.2, 0.25) is 0 Å². The number of nitrogens with zero attached hydrogens (tertiary/aromatic N) is 4. The molecule has 32 heavy (non-hydrogen) atoms. The molecule has 11 heteroatoms. The van der Waals surface area contributed by atoms with Crippen LogP contribution in [0.4, 0.5) is 4.79 Å². The highest BCUT2D eigenvalue weighted by Crippen LogP contribution is 2.27. The number of fused-ring (bicyclic) bond motifs is 1. The Hall–Kier alpha value is -2.04. The zero-order valence-electron chi connectivity index (χ0n) is 18.2. The summed E-state index contributed by atoms with van der Waals surface area (Å²) in [7, 11) is 0. The van der Waals surface area contributed by atoms with Gasteiger partial charge >= 0.3 is 6.09 Å². The highest BCUT2D eigenvalue weighted by atomic mass is 79.9. The van der Waals surface area contributed by atoms with E-state index in [0.29, 0.717) is 39.8 Å². The van der Waals surface area contributed by atoms with Crippen molar-refractivity contribution in [3.05, 3.63) is 38.3 Å². The van der Waals surface area contributed by atoms with Crippen LogP contribution in [0.15, 0.2) is 32.8 Å². The number of nitrogens with one attached hydrogen (secondary N) is 1. The van der Waals surface area contributed by atoms with E-state index in [9.17, 15) is 14.7 Å². The first kappa shape index (κ1) is 24.6. The molecule has 2 heterocycles. The summed E-state index contributed by atoms with van der Waals surface area (Å²) in [5, 5.41) is 15.0. The van der Waals surface area contributed by atoms with Crippen LogP contribution in [0.3, 0.4) is 0 Å². The van der Waals surface area contributed by atoms with E-state index in [1.165, 1.54) is 15.8 Å². The van der Waals surface area contributed by atoms with Gasteiger partial charge in [0.25, 0.3) is 5.56 Å². The number of carbonyl (C=O) groups is 1. The molecule has 3 unspecified atom stereocenters.